The molecular formula is C16H15N4+. The number of amidine groups is 1. The highest BCUT2D eigenvalue weighted by atomic mass is 15.2. The second-order valence-electron chi connectivity index (χ2n) is 5.11. The molecule has 4 nitrogen and oxygen atoms in total. The second-order valence-corrected chi connectivity index (χ2v) is 5.11. The number of nitrogens with zero attached hydrogens (tertiary/aromatic N) is 4. The highest BCUT2D eigenvalue weighted by Crippen LogP contribution is 2.19. The molecule has 0 radical (unpaired) electrons. The molecule has 0 saturated heterocycles. The van der Waals surface area contributed by atoms with E-state index in [1.807, 2.05) is 31.3 Å². The first-order valence-electron chi connectivity index (χ1n) is 6.71. The third-order valence-electron chi connectivity index (χ3n) is 3.93. The van der Waals surface area contributed by atoms with Gasteiger partial charge in [-0.3, -0.25) is 0 Å². The van der Waals surface area contributed by atoms with Crippen LogP contribution in [0.5, 0.6) is 0 Å². The Morgan fingerprint density at radius 3 is 2.85 bits per heavy atom. The minimum absolute atomic E-state index is 0.125. The lowest BCUT2D eigenvalue weighted by Gasteiger charge is -2.01. The van der Waals surface area contributed by atoms with Crippen molar-refractivity contribution in [2.75, 3.05) is 7.05 Å². The molecule has 0 fully saturated rings. The van der Waals surface area contributed by atoms with Gasteiger partial charge in [-0.05, 0) is 24.3 Å². The zero-order valence-electron chi connectivity index (χ0n) is 11.5. The van der Waals surface area contributed by atoms with Crippen LogP contribution in [0.25, 0.3) is 11.0 Å². The zero-order valence-corrected chi connectivity index (χ0v) is 11.5. The Morgan fingerprint density at radius 2 is 2.05 bits per heavy atom. The summed E-state index contributed by atoms with van der Waals surface area (Å²) in [6.45, 7) is 0. The Labute approximate surface area is 117 Å². The maximum absolute atomic E-state index is 4.80. The van der Waals surface area contributed by atoms with Crippen molar-refractivity contribution in [3.63, 3.8) is 0 Å². The molecule has 20 heavy (non-hydrogen) atoms. The number of hydrogen-bond donors (Lipinski definition) is 0. The molecule has 4 rings (SSSR count). The Morgan fingerprint density at radius 1 is 1.20 bits per heavy atom. The standard InChI is InChI=1S/C16H15N4/c1-19-13-9-5-3-7-11(13)17-15(19)16-18-12-8-4-6-10-14(12)20(16)2/h3-11H,1-2H3/q+1. The zero-order chi connectivity index (χ0) is 13.7. The summed E-state index contributed by atoms with van der Waals surface area (Å²) in [6.07, 6.45) is 8.32. The van der Waals surface area contributed by atoms with Gasteiger partial charge in [0.15, 0.2) is 5.71 Å². The summed E-state index contributed by atoms with van der Waals surface area (Å²) in [7, 11) is 4.09. The fourth-order valence-corrected chi connectivity index (χ4v) is 2.83. The number of fused-ring (bicyclic) bond motifs is 2. The predicted molar refractivity (Wildman–Crippen MR) is 80.5 cm³/mol. The van der Waals surface area contributed by atoms with Gasteiger partial charge in [0.25, 0.3) is 0 Å². The van der Waals surface area contributed by atoms with Gasteiger partial charge >= 0.3 is 5.84 Å². The van der Waals surface area contributed by atoms with Gasteiger partial charge in [-0.15, -0.1) is 0 Å². The molecule has 0 N–H and O–H groups in total. The van der Waals surface area contributed by atoms with Crippen LogP contribution in [-0.2, 0) is 7.05 Å². The molecule has 0 bridgehead atoms. The minimum atomic E-state index is 0.125. The normalized spacial score (nSPS) is 20.7. The molecule has 1 unspecified atom stereocenters. The SMILES string of the molecule is Cn1c(C2=NC3C=CC=CC3=[N+]2C)nc2ccccc21. The quantitative estimate of drug-likeness (QED) is 0.723. The molecule has 2 aromatic rings. The number of hydrogen-bond acceptors (Lipinski definition) is 2. The number of para-hydroxylation sites is 2. The monoisotopic (exact) mass is 263 g/mol. The Bertz CT molecular complexity index is 833. The van der Waals surface area contributed by atoms with E-state index in [-0.39, 0.29) is 6.04 Å². The summed E-state index contributed by atoms with van der Waals surface area (Å²) in [5.41, 5.74) is 3.34. The van der Waals surface area contributed by atoms with Crippen molar-refractivity contribution in [2.24, 2.45) is 12.0 Å². The number of aliphatic imine (C=N–C) groups is 1. The third-order valence-corrected chi connectivity index (χ3v) is 3.93. The van der Waals surface area contributed by atoms with E-state index in [0.717, 1.165) is 22.7 Å². The van der Waals surface area contributed by atoms with Gasteiger partial charge in [-0.1, -0.05) is 29.3 Å². The van der Waals surface area contributed by atoms with E-state index in [1.54, 1.807) is 0 Å². The first kappa shape index (κ1) is 11.3. The lowest BCUT2D eigenvalue weighted by atomic mass is 10.1. The molecule has 1 aromatic carbocycles. The molecule has 2 aliphatic rings. The van der Waals surface area contributed by atoms with Crippen molar-refractivity contribution >= 4 is 22.6 Å². The van der Waals surface area contributed by atoms with Crippen molar-refractivity contribution < 1.29 is 4.58 Å². The number of allylic oxidation sites excluding steroid dienone is 2. The number of rotatable bonds is 1. The van der Waals surface area contributed by atoms with Gasteiger partial charge in [-0.2, -0.15) is 0 Å². The summed E-state index contributed by atoms with van der Waals surface area (Å²) >= 11 is 0. The number of imidazole rings is 1. The average Bonchev–Trinajstić information content (AvgIpc) is 2.98. The van der Waals surface area contributed by atoms with Crippen molar-refractivity contribution in [1.82, 2.24) is 9.55 Å². The fourth-order valence-electron chi connectivity index (χ4n) is 2.83. The smallest absolute Gasteiger partial charge is 0.321 e. The van der Waals surface area contributed by atoms with Crippen LogP contribution in [0.2, 0.25) is 0 Å². The Kier molecular flexibility index (Phi) is 2.27. The molecular weight excluding hydrogens is 248 g/mol. The Balaban J connectivity index is 1.93. The molecule has 2 heterocycles. The van der Waals surface area contributed by atoms with E-state index in [0.29, 0.717) is 0 Å². The van der Waals surface area contributed by atoms with Gasteiger partial charge < -0.3 is 4.57 Å². The first-order valence-corrected chi connectivity index (χ1v) is 6.71. The molecule has 4 heteroatoms. The van der Waals surface area contributed by atoms with Crippen LogP contribution < -0.4 is 0 Å². The highest BCUT2D eigenvalue weighted by Gasteiger charge is 2.36. The van der Waals surface area contributed by atoms with Crippen LogP contribution in [-0.4, -0.2) is 38.8 Å². The van der Waals surface area contributed by atoms with Gasteiger partial charge in [0, 0.05) is 7.05 Å². The van der Waals surface area contributed by atoms with E-state index < -0.39 is 0 Å². The van der Waals surface area contributed by atoms with Crippen LogP contribution >= 0.6 is 0 Å². The lowest BCUT2D eigenvalue weighted by molar-refractivity contribution is -0.366. The maximum Gasteiger partial charge on any atom is 0.362 e. The molecule has 0 spiro atoms. The third kappa shape index (κ3) is 1.45. The van der Waals surface area contributed by atoms with Gasteiger partial charge in [0.2, 0.25) is 11.9 Å². The lowest BCUT2D eigenvalue weighted by Crippen LogP contribution is -2.24. The molecule has 1 aliphatic carbocycles. The van der Waals surface area contributed by atoms with Crippen molar-refractivity contribution in [2.45, 2.75) is 6.04 Å². The number of aryl methyl sites for hydroxylation is 1. The van der Waals surface area contributed by atoms with Crippen LogP contribution in [0.15, 0.2) is 53.6 Å². The molecule has 1 aliphatic heterocycles. The van der Waals surface area contributed by atoms with E-state index in [2.05, 4.69) is 40.5 Å². The number of benzene rings is 1. The van der Waals surface area contributed by atoms with Gasteiger partial charge in [0.1, 0.15) is 0 Å². The van der Waals surface area contributed by atoms with Crippen molar-refractivity contribution in [3.8, 4) is 0 Å². The van der Waals surface area contributed by atoms with Crippen LogP contribution in [0, 0.1) is 0 Å². The van der Waals surface area contributed by atoms with Crippen LogP contribution in [0.1, 0.15) is 5.82 Å². The molecule has 0 amide bonds. The minimum Gasteiger partial charge on any atom is -0.321 e. The maximum atomic E-state index is 4.80. The fraction of sp³-hybridized carbons (Fsp3) is 0.188. The average molecular weight is 263 g/mol. The Hall–Kier alpha value is -2.49. The van der Waals surface area contributed by atoms with E-state index >= 15 is 0 Å². The molecule has 0 saturated carbocycles. The largest absolute Gasteiger partial charge is 0.362 e. The first-order chi connectivity index (χ1) is 9.75. The summed E-state index contributed by atoms with van der Waals surface area (Å²) in [6, 6.07) is 8.29. The molecule has 1 aromatic heterocycles. The van der Waals surface area contributed by atoms with E-state index in [1.165, 1.54) is 5.71 Å². The van der Waals surface area contributed by atoms with Crippen LogP contribution in [0.4, 0.5) is 0 Å². The van der Waals surface area contributed by atoms with Gasteiger partial charge in [0.05, 0.1) is 18.1 Å². The highest BCUT2D eigenvalue weighted by molar-refractivity contribution is 6.08. The van der Waals surface area contributed by atoms with Crippen molar-refractivity contribution in [1.29, 1.82) is 0 Å². The second kappa shape index (κ2) is 4.00. The summed E-state index contributed by atoms with van der Waals surface area (Å²) in [4.78, 5) is 9.53. The molecule has 98 valence electrons. The predicted octanol–water partition coefficient (Wildman–Crippen LogP) is 1.91. The van der Waals surface area contributed by atoms with Crippen LogP contribution in [0.3, 0.4) is 0 Å². The van der Waals surface area contributed by atoms with Crippen molar-refractivity contribution in [3.05, 3.63) is 54.4 Å². The topological polar surface area (TPSA) is 33.2 Å². The van der Waals surface area contributed by atoms with Gasteiger partial charge in [-0.25, -0.2) is 9.56 Å². The summed E-state index contributed by atoms with van der Waals surface area (Å²) in [5, 5.41) is 0. The van der Waals surface area contributed by atoms with E-state index in [9.17, 15) is 0 Å². The summed E-state index contributed by atoms with van der Waals surface area (Å²) < 4.78 is 4.24. The molecule has 1 atom stereocenters. The van der Waals surface area contributed by atoms with E-state index in [4.69, 9.17) is 9.98 Å². The number of aromatic nitrogens is 2. The summed E-state index contributed by atoms with van der Waals surface area (Å²) in [5.74, 6) is 1.84.